The van der Waals surface area contributed by atoms with Gasteiger partial charge in [0.2, 0.25) is 15.8 Å². The van der Waals surface area contributed by atoms with Crippen molar-refractivity contribution in [2.24, 2.45) is 52.5 Å². The molecule has 3 N–H and O–H groups in total. The van der Waals surface area contributed by atoms with Crippen LogP contribution >= 0.6 is 0 Å². The lowest BCUT2D eigenvalue weighted by Gasteiger charge is -2.48. The van der Waals surface area contributed by atoms with Gasteiger partial charge in [0.15, 0.2) is 23.8 Å². The van der Waals surface area contributed by atoms with E-state index in [9.17, 15) is 33.5 Å². The molecule has 1 aromatic carbocycles. The molecule has 0 bridgehead atoms. The van der Waals surface area contributed by atoms with Gasteiger partial charge in [0.05, 0.1) is 59.4 Å². The summed E-state index contributed by atoms with van der Waals surface area (Å²) in [7, 11) is -0.0570. The van der Waals surface area contributed by atoms with E-state index in [1.54, 1.807) is 41.5 Å². The fourth-order valence-corrected chi connectivity index (χ4v) is 13.3. The molecule has 11 unspecified atom stereocenters. The molecule has 0 spiro atoms. The monoisotopic (exact) mass is 1190 g/mol. The van der Waals surface area contributed by atoms with Gasteiger partial charge < -0.3 is 62.4 Å². The first kappa shape index (κ1) is 68.9. The summed E-state index contributed by atoms with van der Waals surface area (Å²) in [6.07, 6.45) is -10.5. The van der Waals surface area contributed by atoms with Gasteiger partial charge in [0, 0.05) is 77.1 Å². The minimum Gasteiger partial charge on any atom is -0.461 e. The number of ketones is 1. The number of nitro groups is 1. The largest absolute Gasteiger partial charge is 0.461 e. The van der Waals surface area contributed by atoms with Gasteiger partial charge in [-0.1, -0.05) is 79.6 Å². The smallest absolute Gasteiger partial charge is 0.311 e. The van der Waals surface area contributed by atoms with E-state index in [-0.39, 0.29) is 69.2 Å². The first-order valence-electron chi connectivity index (χ1n) is 28.9. The summed E-state index contributed by atoms with van der Waals surface area (Å²) in [5, 5.41) is 38.3. The quantitative estimate of drug-likeness (QED) is 0.0793. The molecule has 21 atom stereocenters. The Balaban J connectivity index is 1.62. The molecule has 4 aliphatic rings. The number of aliphatic hydroxyl groups excluding tert-OH is 2. The van der Waals surface area contributed by atoms with Gasteiger partial charge >= 0.3 is 11.9 Å². The van der Waals surface area contributed by atoms with Crippen LogP contribution in [-0.4, -0.2) is 185 Å². The average molecular weight is 1190 g/mol. The Kier molecular flexibility index (Phi) is 25.6. The number of rotatable bonds is 20. The van der Waals surface area contributed by atoms with E-state index in [0.717, 1.165) is 6.07 Å². The van der Waals surface area contributed by atoms with Crippen LogP contribution in [0.3, 0.4) is 0 Å². The Morgan fingerprint density at radius 3 is 2.13 bits per heavy atom. The Labute approximate surface area is 484 Å². The van der Waals surface area contributed by atoms with Crippen molar-refractivity contribution >= 4 is 39.1 Å². The van der Waals surface area contributed by atoms with E-state index in [0.29, 0.717) is 18.6 Å². The van der Waals surface area contributed by atoms with Gasteiger partial charge in [-0.25, -0.2) is 13.1 Å². The van der Waals surface area contributed by atoms with E-state index in [1.807, 2.05) is 53.4 Å². The maximum Gasteiger partial charge on any atom is 0.311 e. The van der Waals surface area contributed by atoms with Crippen molar-refractivity contribution in [1.82, 2.24) is 9.62 Å². The standard InChI is InChI=1S/C57H94N4O20S/c1-30(2)23-45(62)78-51-39(11)47(63)31(3)24-32(4)50(79-55-49(65)42(59-73-16)27-37(9)76-55)33(5)25-34(6)54(66)81-57(40(51)12,35(7)29-74-56-53(72-15)52(71-14)48(64)41(13)77-56)80-46-26-36(8)60(28-38(10)75-46)22-21-58-82(69,70)44-20-18-17-19-43(44)61(67)68/h17-20,30-41,46,48-53,55-56,58,64-65H,21-29H2,1-16H3/t31?,32?,33?,34?,35?,36?,37-,38+,39?,40?,41-,46-,48-,49-,50?,51?,52-,53-,55+,56-,57?/m1/s1. The van der Waals surface area contributed by atoms with Gasteiger partial charge in [-0.15, -0.1) is 0 Å². The number of ether oxygens (including phenoxy) is 10. The molecule has 0 saturated carbocycles. The normalized spacial score (nSPS) is 37.8. The van der Waals surface area contributed by atoms with Crippen LogP contribution in [0.25, 0.3) is 0 Å². The first-order chi connectivity index (χ1) is 38.5. The van der Waals surface area contributed by atoms with Gasteiger partial charge in [0.1, 0.15) is 43.4 Å². The molecular formula is C57H94N4O20S. The van der Waals surface area contributed by atoms with Crippen LogP contribution in [0.5, 0.6) is 0 Å². The van der Waals surface area contributed by atoms with Crippen LogP contribution in [0.1, 0.15) is 122 Å². The number of oxime groups is 1. The van der Waals surface area contributed by atoms with Gasteiger partial charge in [0.25, 0.3) is 5.69 Å². The summed E-state index contributed by atoms with van der Waals surface area (Å²) < 4.78 is 94.0. The van der Waals surface area contributed by atoms with E-state index in [1.165, 1.54) is 39.5 Å². The summed E-state index contributed by atoms with van der Waals surface area (Å²) in [5.41, 5.74) is -0.217. The number of methoxy groups -OCH3 is 2. The molecular weight excluding hydrogens is 1090 g/mol. The number of Topliss-reactive ketones (excluding diaryl/α,β-unsaturated/α-hetero) is 1. The molecule has 82 heavy (non-hydrogen) atoms. The molecule has 25 heteroatoms. The molecule has 0 aromatic heterocycles. The molecule has 4 fully saturated rings. The van der Waals surface area contributed by atoms with Gasteiger partial charge in [-0.3, -0.25) is 29.4 Å². The Bertz CT molecular complexity index is 2400. The molecule has 5 rings (SSSR count). The van der Waals surface area contributed by atoms with Crippen molar-refractivity contribution in [3.63, 3.8) is 0 Å². The summed E-state index contributed by atoms with van der Waals surface area (Å²) >= 11 is 0. The molecule has 0 radical (unpaired) electrons. The minimum absolute atomic E-state index is 0.00138. The highest BCUT2D eigenvalue weighted by atomic mass is 32.2. The first-order valence-corrected chi connectivity index (χ1v) is 30.3. The van der Waals surface area contributed by atoms with Crippen LogP contribution in [0.4, 0.5) is 5.69 Å². The highest BCUT2D eigenvalue weighted by Crippen LogP contribution is 2.44. The second kappa shape index (κ2) is 30.5. The maximum absolute atomic E-state index is 15.4. The lowest BCUT2D eigenvalue weighted by atomic mass is 9.75. The van der Waals surface area contributed by atoms with Crippen LogP contribution in [-0.2, 0) is 76.6 Å². The summed E-state index contributed by atoms with van der Waals surface area (Å²) in [4.78, 5) is 62.3. The number of nitrogens with zero attached hydrogens (tertiary/aromatic N) is 3. The van der Waals surface area contributed by atoms with Crippen LogP contribution in [0.2, 0.25) is 0 Å². The number of cyclic esters (lactones) is 1. The number of hydrogen-bond donors (Lipinski definition) is 3. The van der Waals surface area contributed by atoms with Crippen molar-refractivity contribution in [1.29, 1.82) is 0 Å². The Morgan fingerprint density at radius 2 is 1.51 bits per heavy atom. The maximum atomic E-state index is 15.4. The number of hydrogen-bond acceptors (Lipinski definition) is 22. The van der Waals surface area contributed by atoms with Crippen molar-refractivity contribution in [3.8, 4) is 0 Å². The topological polar surface area (TPSA) is 298 Å². The van der Waals surface area contributed by atoms with E-state index in [4.69, 9.17) is 52.2 Å². The van der Waals surface area contributed by atoms with Crippen LogP contribution < -0.4 is 4.72 Å². The third-order valence-corrected chi connectivity index (χ3v) is 18.0. The zero-order valence-electron chi connectivity index (χ0n) is 50.8. The second-order valence-corrected chi connectivity index (χ2v) is 25.5. The summed E-state index contributed by atoms with van der Waals surface area (Å²) in [6, 6.07) is 4.68. The van der Waals surface area contributed by atoms with Gasteiger partial charge in [-0.2, -0.15) is 0 Å². The number of esters is 2. The van der Waals surface area contributed by atoms with Crippen molar-refractivity contribution in [2.45, 2.75) is 213 Å². The average Bonchev–Trinajstić information content (AvgIpc) is 3.41. The number of nitro benzene ring substituents is 1. The number of aliphatic hydroxyl groups is 2. The van der Waals surface area contributed by atoms with E-state index >= 15 is 9.59 Å². The lowest BCUT2D eigenvalue weighted by Crippen LogP contribution is -2.61. The molecule has 4 saturated heterocycles. The number of nitrogens with one attached hydrogen (secondary N) is 1. The summed E-state index contributed by atoms with van der Waals surface area (Å²) in [5.74, 6) is -9.31. The predicted molar refractivity (Wildman–Crippen MR) is 298 cm³/mol. The van der Waals surface area contributed by atoms with E-state index < -0.39 is 153 Å². The fourth-order valence-electron chi connectivity index (χ4n) is 12.1. The Hall–Kier alpha value is -3.83. The highest BCUT2D eigenvalue weighted by Gasteiger charge is 2.57. The number of benzene rings is 1. The SMILES string of the molecule is CON=C1C[C@@H](C)O[C@@H](OC2C(C)CC(C)C(=O)OC(O[C@@H]3CC(C)N(CCNS(=O)(=O)c4ccccc4[N+](=O)[O-])C[C@H](C)O3)(C(C)CO[C@@H]3O[C@H](C)[C@@H](O)[C@@H](OC)[C@H]3OC)C(C)C(OC(=O)CC(C)C)C(C)C(=O)C(C)CC2C)[C@@H]1O. The van der Waals surface area contributed by atoms with Crippen molar-refractivity contribution < 1.29 is 90.1 Å². The molecule has 468 valence electrons. The lowest BCUT2D eigenvalue weighted by molar-refractivity contribution is -0.387. The number of para-hydroxylation sites is 1. The zero-order chi connectivity index (χ0) is 61.1. The van der Waals surface area contributed by atoms with Crippen LogP contribution in [0.15, 0.2) is 34.3 Å². The minimum atomic E-state index is -4.31. The molecule has 0 aliphatic carbocycles. The Morgan fingerprint density at radius 1 is 0.866 bits per heavy atom. The molecule has 1 aromatic rings. The third kappa shape index (κ3) is 17.2. The number of sulfonamides is 1. The highest BCUT2D eigenvalue weighted by molar-refractivity contribution is 7.89. The van der Waals surface area contributed by atoms with E-state index in [2.05, 4.69) is 9.88 Å². The third-order valence-electron chi connectivity index (χ3n) is 16.5. The number of carbonyl (C=O) groups excluding carboxylic acids is 3. The van der Waals surface area contributed by atoms with Crippen molar-refractivity contribution in [3.05, 3.63) is 34.4 Å². The molecule has 4 aliphatic heterocycles. The fraction of sp³-hybridized carbons (Fsp3) is 0.825. The molecule has 4 heterocycles. The van der Waals surface area contributed by atoms with Crippen molar-refractivity contribution in [2.75, 3.05) is 47.6 Å². The second-order valence-electron chi connectivity index (χ2n) is 23.8. The summed E-state index contributed by atoms with van der Waals surface area (Å²) in [6.45, 7) is 23.5. The number of carbonyl (C=O) groups is 3. The molecule has 0 amide bonds. The van der Waals surface area contributed by atoms with Crippen LogP contribution in [0, 0.1) is 57.5 Å². The predicted octanol–water partition coefficient (Wildman–Crippen LogP) is 5.76. The molecule has 24 nitrogen and oxygen atoms in total. The van der Waals surface area contributed by atoms with Gasteiger partial charge in [-0.05, 0) is 64.4 Å². The zero-order valence-corrected chi connectivity index (χ0v) is 51.6.